The van der Waals surface area contributed by atoms with Gasteiger partial charge in [0.2, 0.25) is 17.7 Å². The van der Waals surface area contributed by atoms with E-state index in [2.05, 4.69) is 31.9 Å². The van der Waals surface area contributed by atoms with Gasteiger partial charge in [-0.05, 0) is 65.5 Å². The highest BCUT2D eigenvalue weighted by molar-refractivity contribution is 9.11. The average molecular weight is 492 g/mol. The van der Waals surface area contributed by atoms with E-state index in [4.69, 9.17) is 0 Å². The molecular formula is C21H22BrN3O4S. The molecule has 1 aromatic carbocycles. The van der Waals surface area contributed by atoms with Gasteiger partial charge in [-0.15, -0.1) is 11.3 Å². The predicted molar refractivity (Wildman–Crippen MR) is 118 cm³/mol. The largest absolute Gasteiger partial charge is 0.340 e. The number of imide groups is 1. The molecule has 158 valence electrons. The van der Waals surface area contributed by atoms with Crippen LogP contribution in [0.1, 0.15) is 48.3 Å². The van der Waals surface area contributed by atoms with Crippen LogP contribution < -0.4 is 16.0 Å². The van der Waals surface area contributed by atoms with E-state index in [-0.39, 0.29) is 23.6 Å². The quantitative estimate of drug-likeness (QED) is 0.538. The molecule has 9 heteroatoms. The normalized spacial score (nSPS) is 19.7. The van der Waals surface area contributed by atoms with Crippen LogP contribution >= 0.6 is 27.3 Å². The van der Waals surface area contributed by atoms with Gasteiger partial charge in [-0.2, -0.15) is 0 Å². The Hall–Kier alpha value is -2.52. The minimum absolute atomic E-state index is 0.251. The SMILES string of the molecule is CCC1(c2ccc(NC(=O)C(C)NC(=O)c3ccc(Br)s3)cc2)CCC(=O)NC1=O. The number of halogens is 1. The maximum absolute atomic E-state index is 12.5. The number of hydrogen-bond acceptors (Lipinski definition) is 5. The van der Waals surface area contributed by atoms with Crippen LogP contribution in [-0.2, 0) is 19.8 Å². The highest BCUT2D eigenvalue weighted by Gasteiger charge is 2.42. The molecule has 4 amide bonds. The van der Waals surface area contributed by atoms with Gasteiger partial charge in [-0.3, -0.25) is 24.5 Å². The lowest BCUT2D eigenvalue weighted by molar-refractivity contribution is -0.138. The molecule has 3 rings (SSSR count). The Labute approximate surface area is 186 Å². The highest BCUT2D eigenvalue weighted by atomic mass is 79.9. The zero-order chi connectivity index (χ0) is 21.9. The summed E-state index contributed by atoms with van der Waals surface area (Å²) >= 11 is 4.60. The van der Waals surface area contributed by atoms with Gasteiger partial charge < -0.3 is 10.6 Å². The molecule has 30 heavy (non-hydrogen) atoms. The zero-order valence-electron chi connectivity index (χ0n) is 16.6. The van der Waals surface area contributed by atoms with Crippen molar-refractivity contribution in [2.75, 3.05) is 5.32 Å². The van der Waals surface area contributed by atoms with Crippen molar-refractivity contribution in [1.82, 2.24) is 10.6 Å². The van der Waals surface area contributed by atoms with Crippen LogP contribution in [0.25, 0.3) is 0 Å². The summed E-state index contributed by atoms with van der Waals surface area (Å²) < 4.78 is 0.839. The number of thiophene rings is 1. The Morgan fingerprint density at radius 1 is 1.20 bits per heavy atom. The van der Waals surface area contributed by atoms with Gasteiger partial charge in [0, 0.05) is 12.1 Å². The van der Waals surface area contributed by atoms with Gasteiger partial charge in [0.1, 0.15) is 6.04 Å². The summed E-state index contributed by atoms with van der Waals surface area (Å²) in [4.78, 5) is 49.2. The fourth-order valence-electron chi connectivity index (χ4n) is 3.46. The lowest BCUT2D eigenvalue weighted by atomic mass is 9.72. The van der Waals surface area contributed by atoms with Gasteiger partial charge in [-0.1, -0.05) is 19.1 Å². The topological polar surface area (TPSA) is 104 Å². The Morgan fingerprint density at radius 3 is 2.47 bits per heavy atom. The maximum atomic E-state index is 12.5. The summed E-state index contributed by atoms with van der Waals surface area (Å²) in [5.74, 6) is -1.20. The Morgan fingerprint density at radius 2 is 1.90 bits per heavy atom. The van der Waals surface area contributed by atoms with E-state index < -0.39 is 11.5 Å². The molecule has 0 saturated carbocycles. The van der Waals surface area contributed by atoms with Crippen molar-refractivity contribution in [3.8, 4) is 0 Å². The van der Waals surface area contributed by atoms with E-state index in [9.17, 15) is 19.2 Å². The van der Waals surface area contributed by atoms with E-state index in [0.717, 1.165) is 9.35 Å². The number of piperidine rings is 1. The number of anilines is 1. The molecule has 0 bridgehead atoms. The number of benzene rings is 1. The molecule has 2 unspecified atom stereocenters. The first-order chi connectivity index (χ1) is 14.2. The molecule has 7 nitrogen and oxygen atoms in total. The minimum Gasteiger partial charge on any atom is -0.340 e. The third-order valence-electron chi connectivity index (χ3n) is 5.31. The van der Waals surface area contributed by atoms with E-state index >= 15 is 0 Å². The Kier molecular flexibility index (Phi) is 6.72. The van der Waals surface area contributed by atoms with Crippen LogP contribution in [0.5, 0.6) is 0 Å². The average Bonchev–Trinajstić information content (AvgIpc) is 3.16. The summed E-state index contributed by atoms with van der Waals surface area (Å²) in [5, 5.41) is 7.86. The van der Waals surface area contributed by atoms with Crippen molar-refractivity contribution < 1.29 is 19.2 Å². The van der Waals surface area contributed by atoms with Gasteiger partial charge in [0.25, 0.3) is 5.91 Å². The molecule has 3 N–H and O–H groups in total. The summed E-state index contributed by atoms with van der Waals surface area (Å²) in [6, 6.07) is 9.76. The number of hydrogen-bond donors (Lipinski definition) is 3. The zero-order valence-corrected chi connectivity index (χ0v) is 19.0. The molecule has 1 fully saturated rings. The third-order valence-corrected chi connectivity index (χ3v) is 6.94. The molecule has 2 aromatic rings. The number of carbonyl (C=O) groups is 4. The fourth-order valence-corrected chi connectivity index (χ4v) is 4.75. The molecule has 1 aliphatic heterocycles. The first-order valence-electron chi connectivity index (χ1n) is 9.57. The molecule has 0 aliphatic carbocycles. The molecule has 2 atom stereocenters. The van der Waals surface area contributed by atoms with Gasteiger partial charge >= 0.3 is 0 Å². The number of nitrogens with one attached hydrogen (secondary N) is 3. The van der Waals surface area contributed by atoms with Crippen molar-refractivity contribution in [2.45, 2.75) is 44.6 Å². The van der Waals surface area contributed by atoms with Gasteiger partial charge in [0.15, 0.2) is 0 Å². The van der Waals surface area contributed by atoms with Crippen LogP contribution in [0.2, 0.25) is 0 Å². The predicted octanol–water partition coefficient (Wildman–Crippen LogP) is 3.35. The summed E-state index contributed by atoms with van der Waals surface area (Å²) in [6.45, 7) is 3.53. The first-order valence-corrected chi connectivity index (χ1v) is 11.2. The Bertz CT molecular complexity index is 988. The van der Waals surface area contributed by atoms with E-state index in [1.165, 1.54) is 11.3 Å². The molecular weight excluding hydrogens is 470 g/mol. The Balaban J connectivity index is 1.64. The highest BCUT2D eigenvalue weighted by Crippen LogP contribution is 2.36. The van der Waals surface area contributed by atoms with Crippen molar-refractivity contribution in [3.63, 3.8) is 0 Å². The standard InChI is InChI=1S/C21H22BrN3O4S/c1-3-21(11-10-17(26)25-20(21)29)13-4-6-14(7-5-13)24-18(27)12(2)23-19(28)15-8-9-16(22)30-15/h4-9,12H,3,10-11H2,1-2H3,(H,23,28)(H,24,27)(H,25,26,29). The smallest absolute Gasteiger partial charge is 0.262 e. The van der Waals surface area contributed by atoms with Crippen molar-refractivity contribution in [2.24, 2.45) is 0 Å². The first kappa shape index (κ1) is 22.2. The summed E-state index contributed by atoms with van der Waals surface area (Å²) in [5.41, 5.74) is 0.618. The van der Waals surface area contributed by atoms with Crippen LogP contribution in [0.3, 0.4) is 0 Å². The molecule has 1 aromatic heterocycles. The van der Waals surface area contributed by atoms with E-state index in [1.807, 2.05) is 6.92 Å². The second-order valence-electron chi connectivity index (χ2n) is 7.18. The molecule has 0 radical (unpaired) electrons. The monoisotopic (exact) mass is 491 g/mol. The van der Waals surface area contributed by atoms with Gasteiger partial charge in [-0.25, -0.2) is 0 Å². The van der Waals surface area contributed by atoms with Crippen LogP contribution in [-0.4, -0.2) is 29.7 Å². The molecule has 2 heterocycles. The lowest BCUT2D eigenvalue weighted by Gasteiger charge is -2.35. The van der Waals surface area contributed by atoms with Gasteiger partial charge in [0.05, 0.1) is 14.1 Å². The second kappa shape index (κ2) is 9.09. The minimum atomic E-state index is -0.743. The van der Waals surface area contributed by atoms with Crippen molar-refractivity contribution in [3.05, 3.63) is 50.6 Å². The number of amides is 4. The third kappa shape index (κ3) is 4.62. The summed E-state index contributed by atoms with van der Waals surface area (Å²) in [7, 11) is 0. The number of carbonyl (C=O) groups excluding carboxylic acids is 4. The van der Waals surface area contributed by atoms with E-state index in [0.29, 0.717) is 29.8 Å². The lowest BCUT2D eigenvalue weighted by Crippen LogP contribution is -2.51. The molecule has 1 aliphatic rings. The second-order valence-corrected chi connectivity index (χ2v) is 9.64. The molecule has 1 saturated heterocycles. The maximum Gasteiger partial charge on any atom is 0.262 e. The van der Waals surface area contributed by atoms with Crippen molar-refractivity contribution in [1.29, 1.82) is 0 Å². The molecule has 0 spiro atoms. The van der Waals surface area contributed by atoms with Crippen molar-refractivity contribution >= 4 is 56.6 Å². The van der Waals surface area contributed by atoms with E-state index in [1.54, 1.807) is 43.3 Å². The van der Waals surface area contributed by atoms with Crippen LogP contribution in [0, 0.1) is 0 Å². The fraction of sp³-hybridized carbons (Fsp3) is 0.333. The summed E-state index contributed by atoms with van der Waals surface area (Å²) in [6.07, 6.45) is 1.33. The van der Waals surface area contributed by atoms with Crippen LogP contribution in [0.15, 0.2) is 40.2 Å². The van der Waals surface area contributed by atoms with Crippen LogP contribution in [0.4, 0.5) is 5.69 Å². The number of rotatable bonds is 6.